The molecule has 0 aromatic heterocycles. The summed E-state index contributed by atoms with van der Waals surface area (Å²) in [5.74, 6) is 0.0469. The molecule has 0 bridgehead atoms. The molecule has 0 fully saturated rings. The molecule has 0 saturated heterocycles. The maximum absolute atomic E-state index is 11.7. The molecule has 100 valence electrons. The van der Waals surface area contributed by atoms with E-state index < -0.39 is 30.2 Å². The van der Waals surface area contributed by atoms with Crippen molar-refractivity contribution < 1.29 is 27.5 Å². The van der Waals surface area contributed by atoms with Crippen LogP contribution in [0.3, 0.4) is 0 Å². The van der Waals surface area contributed by atoms with Crippen LogP contribution in [0.1, 0.15) is 20.3 Å². The molecule has 0 spiro atoms. The Morgan fingerprint density at radius 2 is 1.88 bits per heavy atom. The second kappa shape index (κ2) is 6.68. The van der Waals surface area contributed by atoms with Crippen LogP contribution < -0.4 is 5.32 Å². The van der Waals surface area contributed by atoms with E-state index in [1.54, 1.807) is 13.8 Å². The normalized spacial score (nSPS) is 13.4. The van der Waals surface area contributed by atoms with Crippen molar-refractivity contribution in [2.75, 3.05) is 6.61 Å². The number of hydrogen-bond donors (Lipinski definition) is 1. The number of alkyl carbamates (subject to hydrolysis) is 1. The first-order chi connectivity index (χ1) is 7.61. The van der Waals surface area contributed by atoms with Crippen molar-refractivity contribution in [2.24, 2.45) is 5.92 Å². The van der Waals surface area contributed by atoms with Crippen molar-refractivity contribution >= 4 is 22.9 Å². The highest BCUT2D eigenvalue weighted by molar-refractivity contribution is 6.64. The number of ether oxygens (including phenoxy) is 1. The summed E-state index contributed by atoms with van der Waals surface area (Å²) in [6, 6.07) is -1.04. The molecule has 4 nitrogen and oxygen atoms in total. The first-order valence-corrected chi connectivity index (χ1v) is 5.19. The van der Waals surface area contributed by atoms with Crippen LogP contribution in [-0.2, 0) is 9.53 Å². The van der Waals surface area contributed by atoms with Crippen molar-refractivity contribution in [1.29, 1.82) is 0 Å². The summed E-state index contributed by atoms with van der Waals surface area (Å²) in [6.07, 6.45) is -5.69. The molecular weight excluding hydrogens is 263 g/mol. The number of nitrogens with one attached hydrogen (secondary N) is 1. The van der Waals surface area contributed by atoms with Gasteiger partial charge < -0.3 is 10.1 Å². The van der Waals surface area contributed by atoms with Gasteiger partial charge in [-0.25, -0.2) is 4.79 Å². The molecule has 0 aromatic rings. The number of carbonyl (C=O) groups excluding carboxylic acids is 2. The van der Waals surface area contributed by atoms with Crippen LogP contribution >= 0.6 is 11.6 Å². The third kappa shape index (κ3) is 8.79. The summed E-state index contributed by atoms with van der Waals surface area (Å²) in [4.78, 5) is 21.8. The smallest absolute Gasteiger partial charge is 0.422 e. The first kappa shape index (κ1) is 16.0. The van der Waals surface area contributed by atoms with Crippen LogP contribution in [0.5, 0.6) is 0 Å². The van der Waals surface area contributed by atoms with E-state index in [1.165, 1.54) is 0 Å². The zero-order chi connectivity index (χ0) is 13.6. The predicted octanol–water partition coefficient (Wildman–Crippen LogP) is 2.46. The van der Waals surface area contributed by atoms with Crippen LogP contribution in [0.15, 0.2) is 0 Å². The summed E-state index contributed by atoms with van der Waals surface area (Å²) >= 11 is 5.19. The molecule has 0 radical (unpaired) electrons. The lowest BCUT2D eigenvalue weighted by Crippen LogP contribution is -2.41. The molecule has 1 atom stereocenters. The molecule has 0 saturated carbocycles. The van der Waals surface area contributed by atoms with Gasteiger partial charge in [-0.05, 0) is 23.9 Å². The number of halogens is 4. The molecule has 0 aliphatic heterocycles. The standard InChI is InChI=1S/C9H13ClF3NO3/c1-5(2)3-6(7(10)15)14-8(16)17-4-9(11,12)13/h5-6H,3-4H2,1-2H3,(H,14,16)/t6-/m0/s1. The van der Waals surface area contributed by atoms with Gasteiger partial charge in [-0.15, -0.1) is 0 Å². The van der Waals surface area contributed by atoms with Crippen LogP contribution in [0.4, 0.5) is 18.0 Å². The molecule has 1 amide bonds. The third-order valence-corrected chi connectivity index (χ3v) is 1.90. The fourth-order valence-corrected chi connectivity index (χ4v) is 1.15. The van der Waals surface area contributed by atoms with E-state index in [1.807, 2.05) is 5.32 Å². The molecular formula is C9H13ClF3NO3. The van der Waals surface area contributed by atoms with Gasteiger partial charge in [0.15, 0.2) is 6.61 Å². The zero-order valence-corrected chi connectivity index (χ0v) is 10.1. The van der Waals surface area contributed by atoms with Crippen LogP contribution in [0.25, 0.3) is 0 Å². The van der Waals surface area contributed by atoms with E-state index in [2.05, 4.69) is 4.74 Å². The SMILES string of the molecule is CC(C)C[C@H](NC(=O)OCC(F)(F)F)C(=O)Cl. The summed E-state index contributed by atoms with van der Waals surface area (Å²) in [6.45, 7) is 1.84. The van der Waals surface area contributed by atoms with E-state index in [0.29, 0.717) is 0 Å². The second-order valence-electron chi connectivity index (χ2n) is 3.82. The van der Waals surface area contributed by atoms with Gasteiger partial charge >= 0.3 is 12.3 Å². The maximum atomic E-state index is 11.7. The molecule has 1 N–H and O–H groups in total. The van der Waals surface area contributed by atoms with Crippen LogP contribution in [-0.4, -0.2) is 30.2 Å². The first-order valence-electron chi connectivity index (χ1n) is 4.81. The molecule has 0 heterocycles. The fourth-order valence-electron chi connectivity index (χ4n) is 1.01. The van der Waals surface area contributed by atoms with Gasteiger partial charge in [-0.3, -0.25) is 4.79 Å². The van der Waals surface area contributed by atoms with E-state index in [9.17, 15) is 22.8 Å². The van der Waals surface area contributed by atoms with E-state index in [-0.39, 0.29) is 12.3 Å². The minimum Gasteiger partial charge on any atom is -0.440 e. The van der Waals surface area contributed by atoms with E-state index in [4.69, 9.17) is 11.6 Å². The van der Waals surface area contributed by atoms with Gasteiger partial charge in [0, 0.05) is 0 Å². The van der Waals surface area contributed by atoms with Crippen molar-refractivity contribution in [3.8, 4) is 0 Å². The van der Waals surface area contributed by atoms with Gasteiger partial charge in [-0.1, -0.05) is 13.8 Å². The zero-order valence-electron chi connectivity index (χ0n) is 9.31. The molecule has 0 aliphatic carbocycles. The number of amides is 1. The highest BCUT2D eigenvalue weighted by Gasteiger charge is 2.30. The number of carbonyl (C=O) groups is 2. The van der Waals surface area contributed by atoms with Crippen molar-refractivity contribution in [1.82, 2.24) is 5.32 Å². The van der Waals surface area contributed by atoms with E-state index in [0.717, 1.165) is 0 Å². The lowest BCUT2D eigenvalue weighted by atomic mass is 10.1. The van der Waals surface area contributed by atoms with Crippen molar-refractivity contribution in [3.05, 3.63) is 0 Å². The fraction of sp³-hybridized carbons (Fsp3) is 0.778. The monoisotopic (exact) mass is 275 g/mol. The Labute approximate surface area is 101 Å². The summed E-state index contributed by atoms with van der Waals surface area (Å²) < 4.78 is 39.1. The number of alkyl halides is 3. The number of hydrogen-bond acceptors (Lipinski definition) is 3. The maximum Gasteiger partial charge on any atom is 0.422 e. The van der Waals surface area contributed by atoms with Gasteiger partial charge in [0.2, 0.25) is 5.24 Å². The minimum atomic E-state index is -4.60. The quantitative estimate of drug-likeness (QED) is 0.784. The topological polar surface area (TPSA) is 55.4 Å². The summed E-state index contributed by atoms with van der Waals surface area (Å²) in [7, 11) is 0. The Kier molecular flexibility index (Phi) is 6.30. The molecule has 0 aliphatic rings. The van der Waals surface area contributed by atoms with Gasteiger partial charge in [0.05, 0.1) is 0 Å². The van der Waals surface area contributed by atoms with E-state index >= 15 is 0 Å². The van der Waals surface area contributed by atoms with Crippen molar-refractivity contribution in [2.45, 2.75) is 32.5 Å². The molecule has 0 rings (SSSR count). The Morgan fingerprint density at radius 1 is 1.35 bits per heavy atom. The molecule has 8 heteroatoms. The summed E-state index contributed by atoms with van der Waals surface area (Å²) in [5, 5.41) is 1.13. The average Bonchev–Trinajstić information content (AvgIpc) is 2.11. The summed E-state index contributed by atoms with van der Waals surface area (Å²) in [5.41, 5.74) is 0. The largest absolute Gasteiger partial charge is 0.440 e. The molecule has 0 aromatic carbocycles. The second-order valence-corrected chi connectivity index (χ2v) is 4.19. The van der Waals surface area contributed by atoms with Gasteiger partial charge in [0.1, 0.15) is 6.04 Å². The van der Waals surface area contributed by atoms with Gasteiger partial charge in [0.25, 0.3) is 0 Å². The lowest BCUT2D eigenvalue weighted by molar-refractivity contribution is -0.160. The van der Waals surface area contributed by atoms with Gasteiger partial charge in [-0.2, -0.15) is 13.2 Å². The third-order valence-electron chi connectivity index (χ3n) is 1.64. The van der Waals surface area contributed by atoms with Crippen molar-refractivity contribution in [3.63, 3.8) is 0 Å². The number of rotatable bonds is 5. The Bertz CT molecular complexity index is 281. The predicted molar refractivity (Wildman–Crippen MR) is 54.6 cm³/mol. The highest BCUT2D eigenvalue weighted by Crippen LogP contribution is 2.14. The molecule has 17 heavy (non-hydrogen) atoms. The highest BCUT2D eigenvalue weighted by atomic mass is 35.5. The lowest BCUT2D eigenvalue weighted by Gasteiger charge is -2.16. The minimum absolute atomic E-state index is 0.0469. The molecule has 0 unspecified atom stereocenters. The van der Waals surface area contributed by atoms with Crippen LogP contribution in [0, 0.1) is 5.92 Å². The Balaban J connectivity index is 4.18. The average molecular weight is 276 g/mol. The Morgan fingerprint density at radius 3 is 2.24 bits per heavy atom. The van der Waals surface area contributed by atoms with Crippen LogP contribution in [0.2, 0.25) is 0 Å². The Hall–Kier alpha value is -0.980.